The number of rotatable bonds is 8. The van der Waals surface area contributed by atoms with Gasteiger partial charge in [-0.05, 0) is 86.8 Å². The topological polar surface area (TPSA) is 109 Å². The molecule has 1 heterocycles. The summed E-state index contributed by atoms with van der Waals surface area (Å²) in [4.78, 5) is 26.0. The Hall–Kier alpha value is -5.16. The van der Waals surface area contributed by atoms with E-state index in [0.29, 0.717) is 17.1 Å². The monoisotopic (exact) mass is 673 g/mol. The van der Waals surface area contributed by atoms with Gasteiger partial charge in [-0.1, -0.05) is 42.5 Å². The van der Waals surface area contributed by atoms with Crippen LogP contribution < -0.4 is 24.8 Å². The SMILES string of the molecule is COc1ccc([C@@]23CC[C@@H](NC(=O)Nc4ccc(F)c(F)c4)C[C@@H]2N(C)CC3)cc1OC.COc1ccccc1-c1ccccc1C(=O)O. The molecule has 4 aromatic rings. The normalized spacial score (nSPS) is 19.9. The predicted octanol–water partition coefficient (Wildman–Crippen LogP) is 7.36. The summed E-state index contributed by atoms with van der Waals surface area (Å²) in [5.41, 5.74) is 3.16. The number of nitrogens with zero attached hydrogens (tertiary/aromatic N) is 1. The Morgan fingerprint density at radius 2 is 1.51 bits per heavy atom. The zero-order valence-electron chi connectivity index (χ0n) is 28.0. The van der Waals surface area contributed by atoms with Crippen molar-refractivity contribution >= 4 is 17.7 Å². The van der Waals surface area contributed by atoms with E-state index in [0.717, 1.165) is 55.7 Å². The number of carboxylic acid groups (broad SMARTS) is 1. The lowest BCUT2D eigenvalue weighted by atomic mass is 9.65. The molecule has 2 amide bonds. The fourth-order valence-electron chi connectivity index (χ4n) is 7.09. The number of halogens is 2. The molecule has 1 saturated carbocycles. The zero-order chi connectivity index (χ0) is 35.1. The molecule has 0 unspecified atom stereocenters. The second kappa shape index (κ2) is 15.4. The first-order valence-corrected chi connectivity index (χ1v) is 16.0. The van der Waals surface area contributed by atoms with Crippen LogP contribution in [0.2, 0.25) is 0 Å². The van der Waals surface area contributed by atoms with Crippen molar-refractivity contribution in [2.45, 2.75) is 43.2 Å². The fraction of sp³-hybridized carbons (Fsp3) is 0.316. The number of likely N-dealkylation sites (tertiary alicyclic amines) is 1. The molecule has 258 valence electrons. The van der Waals surface area contributed by atoms with Crippen molar-refractivity contribution in [1.82, 2.24) is 10.2 Å². The molecule has 9 nitrogen and oxygen atoms in total. The van der Waals surface area contributed by atoms with E-state index < -0.39 is 23.6 Å². The third-order valence-corrected chi connectivity index (χ3v) is 9.55. The van der Waals surface area contributed by atoms with Gasteiger partial charge in [-0.15, -0.1) is 0 Å². The summed E-state index contributed by atoms with van der Waals surface area (Å²) in [6, 6.07) is 23.6. The van der Waals surface area contributed by atoms with E-state index in [1.807, 2.05) is 36.4 Å². The molecule has 1 saturated heterocycles. The van der Waals surface area contributed by atoms with Crippen LogP contribution in [0.1, 0.15) is 41.6 Å². The van der Waals surface area contributed by atoms with Crippen molar-refractivity contribution in [2.24, 2.45) is 0 Å². The highest BCUT2D eigenvalue weighted by atomic mass is 19.2. The number of carboxylic acids is 1. The first kappa shape index (κ1) is 35.2. The Morgan fingerprint density at radius 3 is 2.20 bits per heavy atom. The lowest BCUT2D eigenvalue weighted by Gasteiger charge is -2.45. The number of urea groups is 1. The number of anilines is 1. The number of hydrogen-bond donors (Lipinski definition) is 3. The highest BCUT2D eigenvalue weighted by Crippen LogP contribution is 2.50. The van der Waals surface area contributed by atoms with Crippen LogP contribution in [0.15, 0.2) is 84.9 Å². The standard InChI is InChI=1S/C24H29F2N3O3.C14H12O3/c1-29-11-10-24(15-4-7-20(31-2)21(12-15)32-3)9-8-17(14-22(24)29)28-23(30)27-16-5-6-18(25)19(26)13-16;1-17-13-9-5-4-7-11(13)10-6-2-3-8-12(10)14(15)16/h4-7,12-13,17,22H,8-11,14H2,1-3H3,(H2,27,28,30);2-9H,1H3,(H,15,16)/t17-,22+,24+;/m1./s1. The molecule has 1 aliphatic carbocycles. The number of benzene rings is 4. The summed E-state index contributed by atoms with van der Waals surface area (Å²) >= 11 is 0. The lowest BCUT2D eigenvalue weighted by Crippen LogP contribution is -2.52. The molecule has 2 fully saturated rings. The number of ether oxygens (including phenoxy) is 3. The van der Waals surface area contributed by atoms with Gasteiger partial charge >= 0.3 is 12.0 Å². The second-order valence-corrected chi connectivity index (χ2v) is 12.2. The molecular weight excluding hydrogens is 632 g/mol. The Balaban J connectivity index is 0.000000232. The predicted molar refractivity (Wildman–Crippen MR) is 184 cm³/mol. The van der Waals surface area contributed by atoms with Gasteiger partial charge < -0.3 is 34.9 Å². The molecule has 0 radical (unpaired) electrons. The molecule has 2 aliphatic rings. The Kier molecular flexibility index (Phi) is 11.0. The van der Waals surface area contributed by atoms with Crippen LogP contribution in [0.5, 0.6) is 17.2 Å². The van der Waals surface area contributed by atoms with Crippen LogP contribution in [0.25, 0.3) is 11.1 Å². The lowest BCUT2D eigenvalue weighted by molar-refractivity contribution is 0.0697. The Bertz CT molecular complexity index is 1800. The number of amides is 2. The number of para-hydroxylation sites is 1. The van der Waals surface area contributed by atoms with Crippen LogP contribution in [0, 0.1) is 11.6 Å². The molecule has 6 rings (SSSR count). The Morgan fingerprint density at radius 1 is 0.816 bits per heavy atom. The minimum atomic E-state index is -0.993. The van der Waals surface area contributed by atoms with Crippen LogP contribution in [0.4, 0.5) is 19.3 Å². The van der Waals surface area contributed by atoms with Crippen molar-refractivity contribution in [2.75, 3.05) is 40.2 Å². The van der Waals surface area contributed by atoms with Gasteiger partial charge in [0.1, 0.15) is 5.75 Å². The maximum absolute atomic E-state index is 13.4. The number of methoxy groups -OCH3 is 3. The van der Waals surface area contributed by atoms with Crippen LogP contribution in [0.3, 0.4) is 0 Å². The van der Waals surface area contributed by atoms with Crippen molar-refractivity contribution in [1.29, 1.82) is 0 Å². The number of likely N-dealkylation sites (N-methyl/N-ethyl adjacent to an activating group) is 1. The summed E-state index contributed by atoms with van der Waals surface area (Å²) < 4.78 is 42.7. The van der Waals surface area contributed by atoms with Gasteiger partial charge in [0.25, 0.3) is 0 Å². The summed E-state index contributed by atoms with van der Waals surface area (Å²) in [5.74, 6) is -0.780. The van der Waals surface area contributed by atoms with Gasteiger partial charge in [-0.2, -0.15) is 0 Å². The van der Waals surface area contributed by atoms with Gasteiger partial charge in [0.2, 0.25) is 0 Å². The van der Waals surface area contributed by atoms with Gasteiger partial charge in [0, 0.05) is 34.8 Å². The molecular formula is C38H41F2N3O6. The van der Waals surface area contributed by atoms with E-state index in [4.69, 9.17) is 19.3 Å². The minimum Gasteiger partial charge on any atom is -0.496 e. The van der Waals surface area contributed by atoms with E-state index in [2.05, 4.69) is 34.7 Å². The number of carbonyl (C=O) groups excluding carboxylic acids is 1. The smallest absolute Gasteiger partial charge is 0.336 e. The van der Waals surface area contributed by atoms with E-state index in [-0.39, 0.29) is 28.7 Å². The largest absolute Gasteiger partial charge is 0.496 e. The Labute approximate surface area is 284 Å². The first-order chi connectivity index (χ1) is 23.6. The quantitative estimate of drug-likeness (QED) is 0.179. The fourth-order valence-corrected chi connectivity index (χ4v) is 7.09. The molecule has 0 bridgehead atoms. The molecule has 0 aromatic heterocycles. The number of nitrogens with one attached hydrogen (secondary N) is 2. The molecule has 11 heteroatoms. The number of hydrogen-bond acceptors (Lipinski definition) is 6. The van der Waals surface area contributed by atoms with E-state index in [9.17, 15) is 18.4 Å². The average Bonchev–Trinajstić information content (AvgIpc) is 3.46. The van der Waals surface area contributed by atoms with Crippen molar-refractivity contribution in [3.05, 3.63) is 108 Å². The molecule has 3 N–H and O–H groups in total. The average molecular weight is 674 g/mol. The van der Waals surface area contributed by atoms with Gasteiger partial charge in [0.15, 0.2) is 23.1 Å². The highest BCUT2D eigenvalue weighted by Gasteiger charge is 2.50. The number of aromatic carboxylic acids is 1. The minimum absolute atomic E-state index is 0.0109. The molecule has 1 aliphatic heterocycles. The summed E-state index contributed by atoms with van der Waals surface area (Å²) in [6.07, 6.45) is 3.59. The molecule has 4 aromatic carbocycles. The van der Waals surface area contributed by atoms with Gasteiger partial charge in [0.05, 0.1) is 26.9 Å². The molecule has 49 heavy (non-hydrogen) atoms. The van der Waals surface area contributed by atoms with Crippen LogP contribution >= 0.6 is 0 Å². The zero-order valence-corrected chi connectivity index (χ0v) is 28.0. The maximum Gasteiger partial charge on any atom is 0.336 e. The maximum atomic E-state index is 13.4. The second-order valence-electron chi connectivity index (χ2n) is 12.2. The number of carbonyl (C=O) groups is 2. The van der Waals surface area contributed by atoms with Gasteiger partial charge in [-0.25, -0.2) is 18.4 Å². The molecule has 0 spiro atoms. The summed E-state index contributed by atoms with van der Waals surface area (Å²) in [5, 5.41) is 14.8. The summed E-state index contributed by atoms with van der Waals surface area (Å²) in [6.45, 7) is 0.979. The van der Waals surface area contributed by atoms with Crippen molar-refractivity contribution in [3.63, 3.8) is 0 Å². The van der Waals surface area contributed by atoms with Crippen molar-refractivity contribution < 1.29 is 37.7 Å². The first-order valence-electron chi connectivity index (χ1n) is 16.0. The number of fused-ring (bicyclic) bond motifs is 1. The van der Waals surface area contributed by atoms with Gasteiger partial charge in [-0.3, -0.25) is 0 Å². The van der Waals surface area contributed by atoms with E-state index in [1.54, 1.807) is 39.5 Å². The summed E-state index contributed by atoms with van der Waals surface area (Å²) in [7, 11) is 6.97. The van der Waals surface area contributed by atoms with Crippen LogP contribution in [-0.2, 0) is 5.41 Å². The van der Waals surface area contributed by atoms with Crippen LogP contribution in [-0.4, -0.2) is 69.0 Å². The van der Waals surface area contributed by atoms with E-state index in [1.165, 1.54) is 11.6 Å². The van der Waals surface area contributed by atoms with E-state index >= 15 is 0 Å². The molecule has 3 atom stereocenters. The van der Waals surface area contributed by atoms with Crippen molar-refractivity contribution in [3.8, 4) is 28.4 Å². The third kappa shape index (κ3) is 7.62. The highest BCUT2D eigenvalue weighted by molar-refractivity contribution is 5.97. The third-order valence-electron chi connectivity index (χ3n) is 9.55.